The highest BCUT2D eigenvalue weighted by molar-refractivity contribution is 7.80. The van der Waals surface area contributed by atoms with E-state index in [0.717, 1.165) is 77.2 Å². The molecule has 0 aromatic carbocycles. The highest BCUT2D eigenvalue weighted by Gasteiger charge is 2.16. The van der Waals surface area contributed by atoms with Crippen molar-refractivity contribution in [1.29, 1.82) is 0 Å². The second-order valence-electron chi connectivity index (χ2n) is 7.71. The van der Waals surface area contributed by atoms with Crippen molar-refractivity contribution in [3.63, 3.8) is 0 Å². The van der Waals surface area contributed by atoms with Gasteiger partial charge in [-0.15, -0.1) is 0 Å². The summed E-state index contributed by atoms with van der Waals surface area (Å²) >= 11 is 0. The standard InChI is InChI=1S/C21H43NO5S/c1-3-5-6-13-16-20(27-28(24,25)26)17-14-11-9-7-8-10-12-15-18-21(23)22-19-4-2/h20H,3-19H2,1-2H3,(H,22,23)(H,24,25,26). The Labute approximate surface area is 173 Å². The molecule has 0 heterocycles. The van der Waals surface area contributed by atoms with Crippen LogP contribution in [0.3, 0.4) is 0 Å². The van der Waals surface area contributed by atoms with Crippen molar-refractivity contribution in [1.82, 2.24) is 5.32 Å². The highest BCUT2D eigenvalue weighted by atomic mass is 32.3. The first-order valence-corrected chi connectivity index (χ1v) is 12.7. The van der Waals surface area contributed by atoms with Crippen LogP contribution in [0, 0.1) is 0 Å². The molecule has 0 radical (unpaired) electrons. The van der Waals surface area contributed by atoms with Crippen LogP contribution in [0.4, 0.5) is 0 Å². The molecular weight excluding hydrogens is 378 g/mol. The lowest BCUT2D eigenvalue weighted by molar-refractivity contribution is -0.121. The Bertz CT molecular complexity index is 467. The average Bonchev–Trinajstić information content (AvgIpc) is 2.63. The molecule has 2 N–H and O–H groups in total. The zero-order chi connectivity index (χ0) is 21.1. The van der Waals surface area contributed by atoms with Crippen molar-refractivity contribution in [2.75, 3.05) is 6.54 Å². The molecule has 1 amide bonds. The SMILES string of the molecule is CCCCCCC(CCCCCCCCCCC(=O)NCCC)OS(=O)(=O)O. The first kappa shape index (κ1) is 27.3. The summed E-state index contributed by atoms with van der Waals surface area (Å²) in [6.07, 6.45) is 15.5. The molecule has 1 unspecified atom stereocenters. The summed E-state index contributed by atoms with van der Waals surface area (Å²) in [4.78, 5) is 11.5. The van der Waals surface area contributed by atoms with E-state index in [2.05, 4.69) is 19.2 Å². The predicted octanol–water partition coefficient (Wildman–Crippen LogP) is 5.57. The van der Waals surface area contributed by atoms with Crippen molar-refractivity contribution < 1.29 is 21.9 Å². The second-order valence-corrected chi connectivity index (χ2v) is 8.76. The molecular formula is C21H43NO5S. The molecule has 7 heteroatoms. The first-order chi connectivity index (χ1) is 13.4. The third kappa shape index (κ3) is 20.1. The second kappa shape index (κ2) is 18.4. The lowest BCUT2D eigenvalue weighted by atomic mass is 10.0. The van der Waals surface area contributed by atoms with E-state index in [1.807, 2.05) is 0 Å². The molecule has 6 nitrogen and oxygen atoms in total. The molecule has 0 aliphatic carbocycles. The zero-order valence-corrected chi connectivity index (χ0v) is 18.9. The minimum Gasteiger partial charge on any atom is -0.356 e. The number of amides is 1. The summed E-state index contributed by atoms with van der Waals surface area (Å²) < 4.78 is 35.8. The Morgan fingerprint density at radius 1 is 0.821 bits per heavy atom. The monoisotopic (exact) mass is 421 g/mol. The summed E-state index contributed by atoms with van der Waals surface area (Å²) in [6, 6.07) is 0. The average molecular weight is 422 g/mol. The van der Waals surface area contributed by atoms with E-state index in [1.54, 1.807) is 0 Å². The number of nitrogens with one attached hydrogen (secondary N) is 1. The van der Waals surface area contributed by atoms with Gasteiger partial charge in [0.25, 0.3) is 0 Å². The van der Waals surface area contributed by atoms with Gasteiger partial charge in [-0.1, -0.05) is 84.5 Å². The minimum absolute atomic E-state index is 0.165. The molecule has 0 aliphatic heterocycles. The van der Waals surface area contributed by atoms with E-state index in [4.69, 9.17) is 8.74 Å². The minimum atomic E-state index is -4.37. The predicted molar refractivity (Wildman–Crippen MR) is 115 cm³/mol. The number of carbonyl (C=O) groups is 1. The van der Waals surface area contributed by atoms with Crippen molar-refractivity contribution in [2.45, 2.75) is 123 Å². The van der Waals surface area contributed by atoms with E-state index in [1.165, 1.54) is 12.8 Å². The third-order valence-electron chi connectivity index (χ3n) is 4.89. The Morgan fingerprint density at radius 2 is 1.32 bits per heavy atom. The van der Waals surface area contributed by atoms with Crippen LogP contribution in [-0.4, -0.2) is 31.5 Å². The zero-order valence-electron chi connectivity index (χ0n) is 18.1. The van der Waals surface area contributed by atoms with Gasteiger partial charge in [0.2, 0.25) is 5.91 Å². The maximum atomic E-state index is 11.5. The van der Waals surface area contributed by atoms with E-state index >= 15 is 0 Å². The van der Waals surface area contributed by atoms with Gasteiger partial charge in [0, 0.05) is 13.0 Å². The topological polar surface area (TPSA) is 92.7 Å². The molecule has 28 heavy (non-hydrogen) atoms. The van der Waals surface area contributed by atoms with Gasteiger partial charge in [0.15, 0.2) is 0 Å². The van der Waals surface area contributed by atoms with Crippen LogP contribution < -0.4 is 5.32 Å². The normalized spacial score (nSPS) is 12.8. The smallest absolute Gasteiger partial charge is 0.356 e. The molecule has 0 fully saturated rings. The van der Waals surface area contributed by atoms with Gasteiger partial charge < -0.3 is 5.32 Å². The van der Waals surface area contributed by atoms with E-state index < -0.39 is 16.5 Å². The third-order valence-corrected chi connectivity index (χ3v) is 5.40. The molecule has 0 spiro atoms. The number of hydrogen-bond donors (Lipinski definition) is 2. The number of rotatable bonds is 20. The number of hydrogen-bond acceptors (Lipinski definition) is 4. The van der Waals surface area contributed by atoms with Gasteiger partial charge in [-0.2, -0.15) is 8.42 Å². The van der Waals surface area contributed by atoms with Crippen LogP contribution in [0.1, 0.15) is 117 Å². The molecule has 0 rings (SSSR count). The van der Waals surface area contributed by atoms with Crippen molar-refractivity contribution in [2.24, 2.45) is 0 Å². The maximum Gasteiger partial charge on any atom is 0.397 e. The Morgan fingerprint density at radius 3 is 1.82 bits per heavy atom. The molecule has 0 aliphatic rings. The fourth-order valence-electron chi connectivity index (χ4n) is 3.28. The van der Waals surface area contributed by atoms with E-state index in [-0.39, 0.29) is 5.91 Å². The molecule has 0 aromatic rings. The van der Waals surface area contributed by atoms with Crippen LogP contribution >= 0.6 is 0 Å². The van der Waals surface area contributed by atoms with Gasteiger partial charge in [-0.3, -0.25) is 9.35 Å². The molecule has 0 bridgehead atoms. The summed E-state index contributed by atoms with van der Waals surface area (Å²) in [5.74, 6) is 0.165. The van der Waals surface area contributed by atoms with Gasteiger partial charge >= 0.3 is 10.4 Å². The fourth-order valence-corrected chi connectivity index (χ4v) is 3.82. The van der Waals surface area contributed by atoms with Crippen LogP contribution in [0.25, 0.3) is 0 Å². The summed E-state index contributed by atoms with van der Waals surface area (Å²) in [5.41, 5.74) is 0. The van der Waals surface area contributed by atoms with Gasteiger partial charge in [0.1, 0.15) is 0 Å². The molecule has 0 aromatic heterocycles. The molecule has 0 saturated carbocycles. The molecule has 168 valence electrons. The quantitative estimate of drug-likeness (QED) is 0.198. The summed E-state index contributed by atoms with van der Waals surface area (Å²) in [7, 11) is -4.37. The largest absolute Gasteiger partial charge is 0.397 e. The summed E-state index contributed by atoms with van der Waals surface area (Å²) in [6.45, 7) is 4.96. The van der Waals surface area contributed by atoms with Gasteiger partial charge in [-0.05, 0) is 25.7 Å². The Balaban J connectivity index is 3.66. The maximum absolute atomic E-state index is 11.5. The lowest BCUT2D eigenvalue weighted by Gasteiger charge is -2.15. The highest BCUT2D eigenvalue weighted by Crippen LogP contribution is 2.18. The molecule has 1 atom stereocenters. The van der Waals surface area contributed by atoms with Crippen molar-refractivity contribution in [3.05, 3.63) is 0 Å². The van der Waals surface area contributed by atoms with Crippen LogP contribution in [0.15, 0.2) is 0 Å². The van der Waals surface area contributed by atoms with Gasteiger partial charge in [-0.25, -0.2) is 4.18 Å². The van der Waals surface area contributed by atoms with Crippen LogP contribution in [-0.2, 0) is 19.4 Å². The molecule has 0 saturated heterocycles. The lowest BCUT2D eigenvalue weighted by Crippen LogP contribution is -2.23. The van der Waals surface area contributed by atoms with Crippen LogP contribution in [0.2, 0.25) is 0 Å². The van der Waals surface area contributed by atoms with Crippen LogP contribution in [0.5, 0.6) is 0 Å². The first-order valence-electron chi connectivity index (χ1n) is 11.3. The fraction of sp³-hybridized carbons (Fsp3) is 0.952. The van der Waals surface area contributed by atoms with Crippen molar-refractivity contribution >= 4 is 16.3 Å². The van der Waals surface area contributed by atoms with E-state index in [9.17, 15) is 13.2 Å². The number of unbranched alkanes of at least 4 members (excludes halogenated alkanes) is 10. The van der Waals surface area contributed by atoms with Crippen molar-refractivity contribution in [3.8, 4) is 0 Å². The Hall–Kier alpha value is -0.660. The number of carbonyl (C=O) groups excluding carboxylic acids is 1. The summed E-state index contributed by atoms with van der Waals surface area (Å²) in [5, 5.41) is 2.90. The van der Waals surface area contributed by atoms with E-state index in [0.29, 0.717) is 19.3 Å². The van der Waals surface area contributed by atoms with Gasteiger partial charge in [0.05, 0.1) is 6.10 Å². The Kier molecular flexibility index (Phi) is 17.9.